The number of benzene rings is 2. The third kappa shape index (κ3) is 6.86. The lowest BCUT2D eigenvalue weighted by molar-refractivity contribution is 0.0372. The van der Waals surface area contributed by atoms with Crippen molar-refractivity contribution in [2.45, 2.75) is 32.6 Å². The highest BCUT2D eigenvalue weighted by Crippen LogP contribution is 2.27. The predicted octanol–water partition coefficient (Wildman–Crippen LogP) is 7.54. The number of fused-ring (bicyclic) bond motifs is 2. The lowest BCUT2D eigenvalue weighted by Gasteiger charge is -2.31. The van der Waals surface area contributed by atoms with Crippen molar-refractivity contribution >= 4 is 57.1 Å². The zero-order valence-electron chi connectivity index (χ0n) is 20.5. The number of piperidine rings is 1. The highest BCUT2D eigenvalue weighted by molar-refractivity contribution is 6.32. The molecule has 1 aliphatic heterocycles. The molecular weight excluding hydrogens is 517 g/mol. The lowest BCUT2D eigenvalue weighted by Crippen LogP contribution is -2.36. The Balaban J connectivity index is 0.000000207. The van der Waals surface area contributed by atoms with Gasteiger partial charge in [0.1, 0.15) is 22.3 Å². The molecule has 0 saturated carbocycles. The second kappa shape index (κ2) is 12.5. The van der Waals surface area contributed by atoms with Gasteiger partial charge in [0.2, 0.25) is 0 Å². The van der Waals surface area contributed by atoms with Crippen molar-refractivity contribution in [3.63, 3.8) is 0 Å². The van der Waals surface area contributed by atoms with E-state index in [1.807, 2.05) is 0 Å². The number of carbonyl (C=O) groups excluding carboxylic acids is 1. The van der Waals surface area contributed by atoms with Crippen molar-refractivity contribution in [3.05, 3.63) is 70.1 Å². The Morgan fingerprint density at radius 1 is 0.973 bits per heavy atom. The van der Waals surface area contributed by atoms with Crippen LogP contribution in [0.25, 0.3) is 21.9 Å². The standard InChI is InChI=1S/C19H24ClNO3.C9H5ClO3/c1-2-3-7-21-8-4-14(5-9-21)13-24-19(22)17-12-16(20)11-15-6-10-23-18(15)17;10-6-3-5-1-2-13-8(5)7(4-6)9(11)12/h6,10-12,14H,2-5,7-9,13H2,1H3;1-4H,(H,11,12). The maximum Gasteiger partial charge on any atom is 0.342 e. The van der Waals surface area contributed by atoms with Crippen molar-refractivity contribution in [2.24, 2.45) is 5.92 Å². The van der Waals surface area contributed by atoms with E-state index in [1.165, 1.54) is 31.7 Å². The molecule has 3 heterocycles. The van der Waals surface area contributed by atoms with E-state index in [0.29, 0.717) is 44.7 Å². The molecule has 0 bridgehead atoms. The SMILES string of the molecule is CCCCN1CCC(COC(=O)c2cc(Cl)cc3ccoc23)CC1.O=C(O)c1cc(Cl)cc2ccoc12. The summed E-state index contributed by atoms with van der Waals surface area (Å²) in [5.41, 5.74) is 1.39. The van der Waals surface area contributed by atoms with Gasteiger partial charge in [-0.2, -0.15) is 0 Å². The number of hydrogen-bond donors (Lipinski definition) is 1. The maximum absolute atomic E-state index is 12.4. The summed E-state index contributed by atoms with van der Waals surface area (Å²) in [6.45, 7) is 6.07. The average molecular weight is 546 g/mol. The normalized spacial score (nSPS) is 14.5. The largest absolute Gasteiger partial charge is 0.478 e. The molecule has 1 fully saturated rings. The first-order chi connectivity index (χ1) is 17.9. The molecule has 0 unspecified atom stereocenters. The van der Waals surface area contributed by atoms with E-state index < -0.39 is 5.97 Å². The zero-order valence-corrected chi connectivity index (χ0v) is 22.1. The number of carboxylic acids is 1. The topological polar surface area (TPSA) is 93.1 Å². The van der Waals surface area contributed by atoms with Crippen LogP contribution < -0.4 is 0 Å². The van der Waals surface area contributed by atoms with Crippen LogP contribution in [0.1, 0.15) is 53.3 Å². The van der Waals surface area contributed by atoms with Crippen molar-refractivity contribution in [2.75, 3.05) is 26.2 Å². The Labute approximate surface area is 224 Å². The molecule has 5 rings (SSSR count). The molecule has 2 aromatic heterocycles. The lowest BCUT2D eigenvalue weighted by atomic mass is 9.97. The van der Waals surface area contributed by atoms with Crippen LogP contribution >= 0.6 is 23.2 Å². The molecule has 7 nitrogen and oxygen atoms in total. The van der Waals surface area contributed by atoms with Gasteiger partial charge in [-0.3, -0.25) is 0 Å². The molecule has 0 aliphatic carbocycles. The van der Waals surface area contributed by atoms with Gasteiger partial charge in [-0.25, -0.2) is 9.59 Å². The first-order valence-corrected chi connectivity index (χ1v) is 13.1. The van der Waals surface area contributed by atoms with Crippen LogP contribution in [-0.2, 0) is 4.74 Å². The molecule has 0 spiro atoms. The minimum atomic E-state index is -1.04. The van der Waals surface area contributed by atoms with E-state index in [2.05, 4.69) is 11.8 Å². The molecule has 1 saturated heterocycles. The van der Waals surface area contributed by atoms with E-state index in [0.717, 1.165) is 31.3 Å². The molecule has 196 valence electrons. The molecule has 0 atom stereocenters. The van der Waals surface area contributed by atoms with Gasteiger partial charge in [0, 0.05) is 20.8 Å². The third-order valence-corrected chi connectivity index (χ3v) is 6.90. The Hall–Kier alpha value is -3.00. The number of unbranched alkanes of at least 4 members (excludes halogenated alkanes) is 1. The minimum Gasteiger partial charge on any atom is -0.478 e. The highest BCUT2D eigenvalue weighted by atomic mass is 35.5. The Bertz CT molecular complexity index is 1370. The van der Waals surface area contributed by atoms with Crippen LogP contribution in [0.15, 0.2) is 57.8 Å². The Kier molecular flexibility index (Phi) is 9.14. The molecule has 0 amide bonds. The first-order valence-electron chi connectivity index (χ1n) is 12.3. The predicted molar refractivity (Wildman–Crippen MR) is 144 cm³/mol. The number of carboxylic acid groups (broad SMARTS) is 1. The fraction of sp³-hybridized carbons (Fsp3) is 0.357. The number of hydrogen-bond acceptors (Lipinski definition) is 6. The number of nitrogens with zero attached hydrogens (tertiary/aromatic N) is 1. The van der Waals surface area contributed by atoms with E-state index in [1.54, 1.807) is 36.6 Å². The van der Waals surface area contributed by atoms with Gasteiger partial charge >= 0.3 is 11.9 Å². The smallest absolute Gasteiger partial charge is 0.342 e. The number of esters is 1. The number of aromatic carboxylic acids is 1. The second-order valence-corrected chi connectivity index (χ2v) is 10.00. The summed E-state index contributed by atoms with van der Waals surface area (Å²) in [5.74, 6) is -0.952. The van der Waals surface area contributed by atoms with Gasteiger partial charge in [-0.1, -0.05) is 36.5 Å². The minimum absolute atomic E-state index is 0.0903. The van der Waals surface area contributed by atoms with Gasteiger partial charge < -0.3 is 23.6 Å². The molecule has 9 heteroatoms. The summed E-state index contributed by atoms with van der Waals surface area (Å²) >= 11 is 11.8. The van der Waals surface area contributed by atoms with Crippen LogP contribution in [0.2, 0.25) is 10.0 Å². The molecule has 0 radical (unpaired) electrons. The van der Waals surface area contributed by atoms with Crippen LogP contribution in [-0.4, -0.2) is 48.2 Å². The summed E-state index contributed by atoms with van der Waals surface area (Å²) < 4.78 is 16.0. The van der Waals surface area contributed by atoms with Gasteiger partial charge in [0.05, 0.1) is 19.1 Å². The molecule has 4 aromatic rings. The summed E-state index contributed by atoms with van der Waals surface area (Å²) in [6.07, 6.45) is 7.66. The quantitative estimate of drug-likeness (QED) is 0.239. The summed E-state index contributed by atoms with van der Waals surface area (Å²) in [7, 11) is 0. The summed E-state index contributed by atoms with van der Waals surface area (Å²) in [5, 5.41) is 11.2. The fourth-order valence-electron chi connectivity index (χ4n) is 4.43. The zero-order chi connectivity index (χ0) is 26.4. The molecule has 1 aliphatic rings. The van der Waals surface area contributed by atoms with Gasteiger partial charge in [0.25, 0.3) is 0 Å². The number of carbonyl (C=O) groups is 2. The van der Waals surface area contributed by atoms with Crippen molar-refractivity contribution in [1.82, 2.24) is 4.90 Å². The second-order valence-electron chi connectivity index (χ2n) is 9.13. The van der Waals surface area contributed by atoms with Crippen LogP contribution in [0.5, 0.6) is 0 Å². The highest BCUT2D eigenvalue weighted by Gasteiger charge is 2.22. The molecule has 37 heavy (non-hydrogen) atoms. The third-order valence-electron chi connectivity index (χ3n) is 6.47. The monoisotopic (exact) mass is 545 g/mol. The Morgan fingerprint density at radius 2 is 1.54 bits per heavy atom. The van der Waals surface area contributed by atoms with Crippen molar-refractivity contribution in [1.29, 1.82) is 0 Å². The van der Waals surface area contributed by atoms with E-state index in [-0.39, 0.29) is 11.5 Å². The first kappa shape index (κ1) is 27.0. The summed E-state index contributed by atoms with van der Waals surface area (Å²) in [6, 6.07) is 9.90. The molecular formula is C28H29Cl2NO6. The van der Waals surface area contributed by atoms with Crippen molar-refractivity contribution < 1.29 is 28.3 Å². The van der Waals surface area contributed by atoms with E-state index >= 15 is 0 Å². The van der Waals surface area contributed by atoms with Crippen LogP contribution in [0.3, 0.4) is 0 Å². The van der Waals surface area contributed by atoms with Gasteiger partial charge in [0.15, 0.2) is 0 Å². The van der Waals surface area contributed by atoms with E-state index in [9.17, 15) is 9.59 Å². The molecule has 2 aromatic carbocycles. The Morgan fingerprint density at radius 3 is 2.11 bits per heavy atom. The van der Waals surface area contributed by atoms with E-state index in [4.69, 9.17) is 41.9 Å². The molecule has 1 N–H and O–H groups in total. The number of rotatable bonds is 7. The van der Waals surface area contributed by atoms with Gasteiger partial charge in [-0.05, 0) is 81.2 Å². The van der Waals surface area contributed by atoms with Crippen LogP contribution in [0.4, 0.5) is 0 Å². The average Bonchev–Trinajstić information content (AvgIpc) is 3.55. The number of halogens is 2. The number of ether oxygens (including phenoxy) is 1. The number of furan rings is 2. The van der Waals surface area contributed by atoms with Crippen molar-refractivity contribution in [3.8, 4) is 0 Å². The fourth-order valence-corrected chi connectivity index (χ4v) is 4.88. The van der Waals surface area contributed by atoms with Crippen LogP contribution in [0, 0.1) is 5.92 Å². The maximum atomic E-state index is 12.4. The summed E-state index contributed by atoms with van der Waals surface area (Å²) in [4.78, 5) is 25.7. The van der Waals surface area contributed by atoms with Gasteiger partial charge in [-0.15, -0.1) is 0 Å². The number of likely N-dealkylation sites (tertiary alicyclic amines) is 1.